The van der Waals surface area contributed by atoms with Crippen LogP contribution in [-0.4, -0.2) is 28.3 Å². The number of piperidine rings is 1. The maximum Gasteiger partial charge on any atom is 0.155 e. The van der Waals surface area contributed by atoms with Gasteiger partial charge < -0.3 is 5.32 Å². The third kappa shape index (κ3) is 1.54. The van der Waals surface area contributed by atoms with Crippen LogP contribution in [-0.2, 0) is 0 Å². The van der Waals surface area contributed by atoms with Crippen molar-refractivity contribution < 1.29 is 0 Å². The first-order valence-corrected chi connectivity index (χ1v) is 5.56. The summed E-state index contributed by atoms with van der Waals surface area (Å²) in [6.45, 7) is 2.19. The molecule has 2 fully saturated rings. The second-order valence-corrected chi connectivity index (χ2v) is 4.40. The smallest absolute Gasteiger partial charge is 0.155 e. The molecule has 0 aromatic carbocycles. The Bertz CT molecular complexity index is 310. The zero-order chi connectivity index (χ0) is 9.38. The molecule has 1 aliphatic carbocycles. The lowest BCUT2D eigenvalue weighted by Gasteiger charge is -2.19. The Morgan fingerprint density at radius 1 is 1.14 bits per heavy atom. The van der Waals surface area contributed by atoms with Crippen LogP contribution in [0, 0.1) is 0 Å². The molecule has 0 spiro atoms. The van der Waals surface area contributed by atoms with Crippen LogP contribution in [0.1, 0.15) is 49.2 Å². The summed E-state index contributed by atoms with van der Waals surface area (Å²) < 4.78 is 0. The van der Waals surface area contributed by atoms with E-state index >= 15 is 0 Å². The molecule has 0 unspecified atom stereocenters. The lowest BCUT2D eigenvalue weighted by atomic mass is 9.99. The maximum atomic E-state index is 4.59. The van der Waals surface area contributed by atoms with E-state index in [1.54, 1.807) is 0 Å². The molecule has 4 heteroatoms. The van der Waals surface area contributed by atoms with Gasteiger partial charge in [-0.3, -0.25) is 5.10 Å². The van der Waals surface area contributed by atoms with E-state index in [-0.39, 0.29) is 0 Å². The van der Waals surface area contributed by atoms with E-state index in [9.17, 15) is 0 Å². The summed E-state index contributed by atoms with van der Waals surface area (Å²) in [5.41, 5.74) is 0. The predicted octanol–water partition coefficient (Wildman–Crippen LogP) is 1.15. The van der Waals surface area contributed by atoms with Crippen molar-refractivity contribution in [2.45, 2.75) is 37.5 Å². The summed E-state index contributed by atoms with van der Waals surface area (Å²) in [6, 6.07) is 0. The van der Waals surface area contributed by atoms with Crippen molar-refractivity contribution in [3.63, 3.8) is 0 Å². The highest BCUT2D eigenvalue weighted by Crippen LogP contribution is 2.38. The Morgan fingerprint density at radius 3 is 2.79 bits per heavy atom. The minimum absolute atomic E-state index is 0.535. The van der Waals surface area contributed by atoms with E-state index < -0.39 is 0 Å². The standard InChI is InChI=1S/C10H16N4/c1-2-8(6-11-5-1)10-12-9(13-14-10)7-3-4-7/h7-8,11H,1-6H2,(H,12,13,14)/t8-/m0/s1. The Labute approximate surface area is 83.5 Å². The monoisotopic (exact) mass is 192 g/mol. The highest BCUT2D eigenvalue weighted by atomic mass is 15.2. The molecule has 2 aliphatic rings. The third-order valence-electron chi connectivity index (χ3n) is 3.15. The Morgan fingerprint density at radius 2 is 2.07 bits per heavy atom. The first-order chi connectivity index (χ1) is 6.93. The van der Waals surface area contributed by atoms with Crippen LogP contribution < -0.4 is 5.32 Å². The van der Waals surface area contributed by atoms with Gasteiger partial charge in [-0.15, -0.1) is 0 Å². The average molecular weight is 192 g/mol. The van der Waals surface area contributed by atoms with Crippen molar-refractivity contribution >= 4 is 0 Å². The minimum atomic E-state index is 0.535. The Hall–Kier alpha value is -0.900. The van der Waals surface area contributed by atoms with Crippen LogP contribution in [0.5, 0.6) is 0 Å². The summed E-state index contributed by atoms with van der Waals surface area (Å²) in [5, 5.41) is 10.8. The quantitative estimate of drug-likeness (QED) is 0.739. The van der Waals surface area contributed by atoms with Gasteiger partial charge in [-0.25, -0.2) is 4.98 Å². The minimum Gasteiger partial charge on any atom is -0.316 e. The fraction of sp³-hybridized carbons (Fsp3) is 0.800. The largest absolute Gasteiger partial charge is 0.316 e. The number of rotatable bonds is 2. The number of hydrogen-bond donors (Lipinski definition) is 2. The van der Waals surface area contributed by atoms with E-state index in [2.05, 4.69) is 20.5 Å². The maximum absolute atomic E-state index is 4.59. The molecule has 1 aliphatic heterocycles. The fourth-order valence-corrected chi connectivity index (χ4v) is 2.08. The lowest BCUT2D eigenvalue weighted by Crippen LogP contribution is -2.28. The van der Waals surface area contributed by atoms with Crippen LogP contribution >= 0.6 is 0 Å². The van der Waals surface area contributed by atoms with E-state index in [1.807, 2.05) is 0 Å². The van der Waals surface area contributed by atoms with Gasteiger partial charge in [0.25, 0.3) is 0 Å². The van der Waals surface area contributed by atoms with Gasteiger partial charge in [-0.1, -0.05) is 0 Å². The fourth-order valence-electron chi connectivity index (χ4n) is 2.08. The topological polar surface area (TPSA) is 53.6 Å². The zero-order valence-electron chi connectivity index (χ0n) is 8.29. The van der Waals surface area contributed by atoms with Gasteiger partial charge in [-0.2, -0.15) is 5.10 Å². The van der Waals surface area contributed by atoms with Gasteiger partial charge in [0.1, 0.15) is 5.82 Å². The molecule has 1 aromatic rings. The molecule has 2 N–H and O–H groups in total. The van der Waals surface area contributed by atoms with E-state index in [0.717, 1.165) is 24.7 Å². The van der Waals surface area contributed by atoms with Gasteiger partial charge in [0.2, 0.25) is 0 Å². The Kier molecular flexibility index (Phi) is 2.01. The zero-order valence-corrected chi connectivity index (χ0v) is 8.29. The first kappa shape index (κ1) is 8.41. The molecule has 0 bridgehead atoms. The SMILES string of the molecule is C1CNC[C@@H](c2n[nH]c(C3CC3)n2)C1. The van der Waals surface area contributed by atoms with E-state index in [0.29, 0.717) is 11.8 Å². The van der Waals surface area contributed by atoms with Crippen LogP contribution in [0.25, 0.3) is 0 Å². The van der Waals surface area contributed by atoms with E-state index in [1.165, 1.54) is 25.7 Å². The van der Waals surface area contributed by atoms with Crippen molar-refractivity contribution in [3.05, 3.63) is 11.6 Å². The van der Waals surface area contributed by atoms with Crippen LogP contribution in [0.2, 0.25) is 0 Å². The molecule has 1 aromatic heterocycles. The highest BCUT2D eigenvalue weighted by Gasteiger charge is 2.28. The molecular weight excluding hydrogens is 176 g/mol. The van der Waals surface area contributed by atoms with Crippen molar-refractivity contribution in [2.24, 2.45) is 0 Å². The average Bonchev–Trinajstić information content (AvgIpc) is 2.98. The van der Waals surface area contributed by atoms with E-state index in [4.69, 9.17) is 0 Å². The Balaban J connectivity index is 1.74. The van der Waals surface area contributed by atoms with Gasteiger partial charge in [0.05, 0.1) is 0 Å². The molecule has 0 amide bonds. The number of hydrogen-bond acceptors (Lipinski definition) is 3. The van der Waals surface area contributed by atoms with Crippen LogP contribution in [0.4, 0.5) is 0 Å². The van der Waals surface area contributed by atoms with Gasteiger partial charge >= 0.3 is 0 Å². The summed E-state index contributed by atoms with van der Waals surface area (Å²) in [4.78, 5) is 4.59. The molecule has 14 heavy (non-hydrogen) atoms. The molecule has 4 nitrogen and oxygen atoms in total. The summed E-state index contributed by atoms with van der Waals surface area (Å²) >= 11 is 0. The molecule has 1 atom stereocenters. The number of aromatic amines is 1. The van der Waals surface area contributed by atoms with Crippen LogP contribution in [0.15, 0.2) is 0 Å². The second kappa shape index (κ2) is 3.35. The lowest BCUT2D eigenvalue weighted by molar-refractivity contribution is 0.447. The number of nitrogens with zero attached hydrogens (tertiary/aromatic N) is 2. The molecule has 1 saturated carbocycles. The summed E-state index contributed by atoms with van der Waals surface area (Å²) in [7, 11) is 0. The normalized spacial score (nSPS) is 27.9. The molecule has 2 heterocycles. The highest BCUT2D eigenvalue weighted by molar-refractivity contribution is 5.08. The van der Waals surface area contributed by atoms with Gasteiger partial charge in [0, 0.05) is 18.4 Å². The first-order valence-electron chi connectivity index (χ1n) is 5.56. The number of nitrogens with one attached hydrogen (secondary N) is 2. The molecule has 0 radical (unpaired) electrons. The van der Waals surface area contributed by atoms with Gasteiger partial charge in [0.15, 0.2) is 5.82 Å². The predicted molar refractivity (Wildman–Crippen MR) is 53.2 cm³/mol. The third-order valence-corrected chi connectivity index (χ3v) is 3.15. The number of aromatic nitrogens is 3. The molecular formula is C10H16N4. The summed E-state index contributed by atoms with van der Waals surface area (Å²) in [6.07, 6.45) is 5.06. The molecule has 1 saturated heterocycles. The van der Waals surface area contributed by atoms with Crippen LogP contribution in [0.3, 0.4) is 0 Å². The van der Waals surface area contributed by atoms with Crippen molar-refractivity contribution in [1.82, 2.24) is 20.5 Å². The van der Waals surface area contributed by atoms with Crippen molar-refractivity contribution in [2.75, 3.05) is 13.1 Å². The second-order valence-electron chi connectivity index (χ2n) is 4.40. The molecule has 3 rings (SSSR count). The molecule has 76 valence electrons. The number of H-pyrrole nitrogens is 1. The van der Waals surface area contributed by atoms with Crippen molar-refractivity contribution in [1.29, 1.82) is 0 Å². The van der Waals surface area contributed by atoms with Crippen molar-refractivity contribution in [3.8, 4) is 0 Å². The van der Waals surface area contributed by atoms with Gasteiger partial charge in [-0.05, 0) is 32.2 Å². The summed E-state index contributed by atoms with van der Waals surface area (Å²) in [5.74, 6) is 3.37.